The van der Waals surface area contributed by atoms with E-state index in [9.17, 15) is 29.1 Å². The largest absolute Gasteiger partial charge is 0.494 e. The number of para-hydroxylation sites is 1. The normalized spacial score (nSPS) is 16.2. The average molecular weight is 1010 g/mol. The number of rotatable bonds is 20. The number of pyridine rings is 1. The molecule has 5 heterocycles. The quantitative estimate of drug-likeness (QED) is 0.0544. The number of carbonyl (C=O) groups is 5. The fraction of sp³-hybridized carbons (Fsp3) is 0.453. The van der Waals surface area contributed by atoms with Gasteiger partial charge in [0.25, 0.3) is 5.91 Å². The lowest BCUT2D eigenvalue weighted by Crippen LogP contribution is -2.57. The van der Waals surface area contributed by atoms with E-state index in [1.165, 1.54) is 11.9 Å². The first kappa shape index (κ1) is 53.8. The Bertz CT molecular complexity index is 2820. The number of nitriles is 1. The molecular weight excluding hydrogens is 945 g/mol. The fourth-order valence-electron chi connectivity index (χ4n) is 9.22. The fourth-order valence-corrected chi connectivity index (χ4v) is 9.22. The smallest absolute Gasteiger partial charge is 0.273 e. The average Bonchev–Trinajstić information content (AvgIpc) is 4.02. The van der Waals surface area contributed by atoms with E-state index in [2.05, 4.69) is 57.9 Å². The third-order valence-electron chi connectivity index (χ3n) is 13.3. The maximum Gasteiger partial charge on any atom is 0.273 e. The molecule has 7 rings (SSSR count). The number of unbranched alkanes of at least 4 members (excludes halogenated alkanes) is 3. The molecule has 390 valence electrons. The topological polar surface area (TPSA) is 275 Å². The molecule has 2 fully saturated rings. The highest BCUT2D eigenvalue weighted by Gasteiger charge is 2.44. The second-order valence-corrected chi connectivity index (χ2v) is 19.8. The monoisotopic (exact) mass is 1010 g/mol. The maximum atomic E-state index is 14.0. The molecule has 21 nitrogen and oxygen atoms in total. The van der Waals surface area contributed by atoms with Gasteiger partial charge < -0.3 is 46.2 Å². The third-order valence-corrected chi connectivity index (χ3v) is 13.3. The van der Waals surface area contributed by atoms with Crippen LogP contribution in [0.1, 0.15) is 112 Å². The highest BCUT2D eigenvalue weighted by molar-refractivity contribution is 5.99. The van der Waals surface area contributed by atoms with Crippen molar-refractivity contribution >= 4 is 52.5 Å². The lowest BCUT2D eigenvalue weighted by Gasteiger charge is -2.35. The Morgan fingerprint density at radius 1 is 0.905 bits per heavy atom. The van der Waals surface area contributed by atoms with Gasteiger partial charge in [-0.25, -0.2) is 9.97 Å². The second kappa shape index (κ2) is 24.6. The lowest BCUT2D eigenvalue weighted by molar-refractivity contribution is -0.144. The molecule has 74 heavy (non-hydrogen) atoms. The van der Waals surface area contributed by atoms with Crippen molar-refractivity contribution in [1.82, 2.24) is 55.7 Å². The Labute approximate surface area is 430 Å². The van der Waals surface area contributed by atoms with Gasteiger partial charge in [-0.15, -0.1) is 10.2 Å². The number of aryl methyl sites for hydroxylation is 1. The number of nitrogens with one attached hydrogen (secondary N) is 5. The van der Waals surface area contributed by atoms with E-state index in [1.54, 1.807) is 55.5 Å². The molecule has 5 aromatic rings. The van der Waals surface area contributed by atoms with Gasteiger partial charge in [-0.2, -0.15) is 10.4 Å². The van der Waals surface area contributed by atoms with Gasteiger partial charge in [0.1, 0.15) is 24.2 Å². The van der Waals surface area contributed by atoms with Gasteiger partial charge in [-0.05, 0) is 78.5 Å². The Morgan fingerprint density at radius 2 is 1.65 bits per heavy atom. The molecule has 0 bridgehead atoms. The van der Waals surface area contributed by atoms with Crippen molar-refractivity contribution in [3.8, 4) is 23.2 Å². The first-order valence-corrected chi connectivity index (χ1v) is 25.0. The number of nitrogens with zero attached hydrogens (tertiary/aromatic N) is 9. The molecule has 5 amide bonds. The Kier molecular flexibility index (Phi) is 17.9. The van der Waals surface area contributed by atoms with Crippen LogP contribution in [0.15, 0.2) is 73.2 Å². The molecular formula is C53H66N14O7. The number of methoxy groups -OCH3 is 1. The first-order valence-electron chi connectivity index (χ1n) is 25.0. The summed E-state index contributed by atoms with van der Waals surface area (Å²) < 4.78 is 7.36. The summed E-state index contributed by atoms with van der Waals surface area (Å²) in [6, 6.07) is 18.1. The number of piperidine rings is 1. The van der Waals surface area contributed by atoms with Crippen molar-refractivity contribution in [3.63, 3.8) is 0 Å². The van der Waals surface area contributed by atoms with Crippen LogP contribution >= 0.6 is 0 Å². The van der Waals surface area contributed by atoms with E-state index in [1.807, 2.05) is 62.2 Å². The van der Waals surface area contributed by atoms with Gasteiger partial charge in [0.15, 0.2) is 23.1 Å². The maximum absolute atomic E-state index is 14.0. The van der Waals surface area contributed by atoms with Crippen LogP contribution in [0.5, 0.6) is 5.75 Å². The lowest BCUT2D eigenvalue weighted by atomic mass is 9.85. The number of anilines is 4. The summed E-state index contributed by atoms with van der Waals surface area (Å²) in [6.45, 7) is 7.02. The predicted molar refractivity (Wildman–Crippen MR) is 276 cm³/mol. The first-order chi connectivity index (χ1) is 35.5. The zero-order valence-electron chi connectivity index (χ0n) is 42.9. The van der Waals surface area contributed by atoms with Crippen molar-refractivity contribution < 1.29 is 33.8 Å². The molecule has 0 radical (unpaired) electrons. The van der Waals surface area contributed by atoms with Crippen LogP contribution in [0, 0.1) is 16.7 Å². The van der Waals surface area contributed by atoms with E-state index in [0.717, 1.165) is 36.8 Å². The summed E-state index contributed by atoms with van der Waals surface area (Å²) in [5, 5.41) is 47.3. The molecule has 3 atom stereocenters. The summed E-state index contributed by atoms with van der Waals surface area (Å²) >= 11 is 0. The van der Waals surface area contributed by atoms with Crippen LogP contribution in [0.2, 0.25) is 0 Å². The van der Waals surface area contributed by atoms with Gasteiger partial charge in [-0.1, -0.05) is 57.9 Å². The Hall–Kier alpha value is -7.99. The molecule has 0 unspecified atom stereocenters. The number of β-amino-alcohol motifs (C(OH)–C–C–N with tert-alkyl or cyclic N) is 1. The molecule has 0 saturated carbocycles. The van der Waals surface area contributed by atoms with Crippen LogP contribution in [0.3, 0.4) is 0 Å². The van der Waals surface area contributed by atoms with Crippen LogP contribution in [0.25, 0.3) is 11.4 Å². The minimum Gasteiger partial charge on any atom is -0.494 e. The van der Waals surface area contributed by atoms with Gasteiger partial charge in [0.2, 0.25) is 23.6 Å². The number of ether oxygens (including phenoxy) is 1. The van der Waals surface area contributed by atoms with Gasteiger partial charge >= 0.3 is 0 Å². The van der Waals surface area contributed by atoms with E-state index in [-0.39, 0.29) is 49.4 Å². The number of aliphatic hydroxyl groups is 1. The number of aliphatic hydroxyl groups excluding tert-OH is 1. The molecule has 0 spiro atoms. The van der Waals surface area contributed by atoms with E-state index in [4.69, 9.17) is 10.00 Å². The Balaban J connectivity index is 0.828. The van der Waals surface area contributed by atoms with Crippen molar-refractivity contribution in [2.24, 2.45) is 12.5 Å². The Morgan fingerprint density at radius 3 is 2.30 bits per heavy atom. The van der Waals surface area contributed by atoms with Crippen molar-refractivity contribution in [3.05, 3.63) is 95.6 Å². The van der Waals surface area contributed by atoms with Crippen LogP contribution < -0.4 is 31.3 Å². The van der Waals surface area contributed by atoms with Crippen molar-refractivity contribution in [2.75, 3.05) is 44.4 Å². The number of benzene rings is 2. The number of hydrogen-bond donors (Lipinski definition) is 6. The number of likely N-dealkylation sites (tertiary alicyclic amines) is 2. The predicted octanol–water partition coefficient (Wildman–Crippen LogP) is 5.25. The van der Waals surface area contributed by atoms with Gasteiger partial charge in [0.05, 0.1) is 41.8 Å². The van der Waals surface area contributed by atoms with Gasteiger partial charge in [-0.3, -0.25) is 28.7 Å². The molecule has 2 aliphatic heterocycles. The van der Waals surface area contributed by atoms with E-state index >= 15 is 0 Å². The summed E-state index contributed by atoms with van der Waals surface area (Å²) in [6.07, 6.45) is 7.71. The molecule has 3 aromatic heterocycles. The summed E-state index contributed by atoms with van der Waals surface area (Å²) in [5.41, 5.74) is 3.38. The standard InChI is InChI=1S/C53H66N14O7/c1-53(2,3)48(52(73)67-31-37(68)26-41(67)50(71)57-29-34-18-16-33(28-54)17-19-34)61-44(69)14-9-7-8-10-15-45(70)66-24-22-35(23-25-66)36-20-21-42(56-30-36)60-43-27-40(46(63-62-43)51(72)55-4)59-39-13-11-12-38(47(39)74-6)49-58-32-65(5)64-49/h11-13,16-21,27,30,32,35,37,41,48,68H,7-10,14-15,22-26,29,31H2,1-6H3,(H,55,72)(H,57,71)(H,61,69)(H2,56,59,60,62)/t37-,41+,48-/m1/s1. The summed E-state index contributed by atoms with van der Waals surface area (Å²) in [5.74, 6) is 0.691. The van der Waals surface area contributed by atoms with E-state index in [0.29, 0.717) is 78.1 Å². The molecule has 21 heteroatoms. The van der Waals surface area contributed by atoms with Crippen LogP contribution in [0.4, 0.5) is 23.0 Å². The highest BCUT2D eigenvalue weighted by atomic mass is 16.5. The van der Waals surface area contributed by atoms with Crippen molar-refractivity contribution in [1.29, 1.82) is 5.26 Å². The van der Waals surface area contributed by atoms with Crippen LogP contribution in [-0.2, 0) is 32.8 Å². The van der Waals surface area contributed by atoms with E-state index < -0.39 is 41.3 Å². The summed E-state index contributed by atoms with van der Waals surface area (Å²) in [7, 11) is 4.85. The minimum atomic E-state index is -0.915. The molecule has 6 N–H and O–H groups in total. The molecule has 2 saturated heterocycles. The number of carbonyl (C=O) groups excluding carboxylic acids is 5. The minimum absolute atomic E-state index is 0.0173. The number of amides is 5. The molecule has 0 aliphatic carbocycles. The van der Waals surface area contributed by atoms with Crippen molar-refractivity contribution in [2.45, 2.75) is 109 Å². The highest BCUT2D eigenvalue weighted by Crippen LogP contribution is 2.37. The number of hydrogen-bond acceptors (Lipinski definition) is 15. The van der Waals surface area contributed by atoms with Crippen LogP contribution in [-0.4, -0.2) is 126 Å². The second-order valence-electron chi connectivity index (χ2n) is 19.8. The zero-order chi connectivity index (χ0) is 52.9. The SMILES string of the molecule is CNC(=O)c1nnc(Nc2ccc(C3CCN(C(=O)CCCCCCC(=O)N[C@H](C(=O)N4C[C@H](O)C[C@H]4C(=O)NCc4ccc(C#N)cc4)C(C)(C)C)CC3)cn2)cc1Nc1cccc(-c2ncn(C)n2)c1OC. The zero-order valence-corrected chi connectivity index (χ0v) is 42.9. The number of aromatic nitrogens is 6. The molecule has 2 aromatic carbocycles. The summed E-state index contributed by atoms with van der Waals surface area (Å²) in [4.78, 5) is 78.8. The molecule has 2 aliphatic rings. The van der Waals surface area contributed by atoms with Gasteiger partial charge in [0, 0.05) is 71.8 Å². The third kappa shape index (κ3) is 13.7.